The van der Waals surface area contributed by atoms with Crippen molar-refractivity contribution in [2.75, 3.05) is 6.66 Å². The van der Waals surface area contributed by atoms with Crippen LogP contribution in [0.2, 0.25) is 0 Å². The number of rotatable bonds is 0. The van der Waals surface area contributed by atoms with Gasteiger partial charge in [0.25, 0.3) is 0 Å². The molecule has 0 aliphatic carbocycles. The van der Waals surface area contributed by atoms with Crippen LogP contribution in [0.25, 0.3) is 0 Å². The average molecular weight is 110 g/mol. The van der Waals surface area contributed by atoms with Gasteiger partial charge in [-0.1, -0.05) is 19.7 Å². The summed E-state index contributed by atoms with van der Waals surface area (Å²) in [5, 5.41) is 0. The summed E-state index contributed by atoms with van der Waals surface area (Å²) in [5.74, 6) is 0. The zero-order chi connectivity index (χ0) is 3.41. The van der Waals surface area contributed by atoms with Crippen LogP contribution in [0, 0.1) is 0 Å². The van der Waals surface area contributed by atoms with Gasteiger partial charge in [0.1, 0.15) is 0 Å². The second-order valence-corrected chi connectivity index (χ2v) is 4.48. The van der Waals surface area contributed by atoms with E-state index >= 15 is 0 Å². The fourth-order valence-corrected chi connectivity index (χ4v) is 0. The van der Waals surface area contributed by atoms with E-state index in [-0.39, 0.29) is 0 Å². The molecule has 0 radical (unpaired) electrons. The minimum Gasteiger partial charge on any atom is -0.0759 e. The van der Waals surface area contributed by atoms with Crippen LogP contribution >= 0.6 is 14.5 Å². The quantitative estimate of drug-likeness (QED) is 0.427. The Morgan fingerprint density at radius 3 is 2.25 bits per heavy atom. The van der Waals surface area contributed by atoms with Gasteiger partial charge in [-0.05, 0) is 13.3 Å². The van der Waals surface area contributed by atoms with Gasteiger partial charge in [0.15, 0.2) is 0 Å². The maximum absolute atomic E-state index is 4.57. The summed E-state index contributed by atoms with van der Waals surface area (Å²) in [4.78, 5) is 0. The zero-order valence-electron chi connectivity index (χ0n) is 2.36. The van der Waals surface area contributed by atoms with Gasteiger partial charge in [-0.25, -0.2) is 0 Å². The van der Waals surface area contributed by atoms with Gasteiger partial charge < -0.3 is 0 Å². The highest BCUT2D eigenvalue weighted by Crippen LogP contribution is 1.94. The van der Waals surface area contributed by atoms with Crippen molar-refractivity contribution in [2.24, 2.45) is 0 Å². The van der Waals surface area contributed by atoms with E-state index in [4.69, 9.17) is 0 Å². The Balaban J connectivity index is 3.11. The summed E-state index contributed by atoms with van der Waals surface area (Å²) in [5.41, 5.74) is 0. The SMILES string of the molecule is CP=[PH]=S. The minimum absolute atomic E-state index is 0.696. The molecule has 1 atom stereocenters. The molecule has 0 bridgehead atoms. The predicted octanol–water partition coefficient (Wildman–Crippen LogP) is 1.62. The Morgan fingerprint density at radius 2 is 2.25 bits per heavy atom. The van der Waals surface area contributed by atoms with Gasteiger partial charge in [0.2, 0.25) is 0 Å². The molecule has 1 unspecified atom stereocenters. The van der Waals surface area contributed by atoms with Crippen molar-refractivity contribution >= 4 is 26.3 Å². The lowest BCUT2D eigenvalue weighted by Crippen LogP contribution is -0.925. The van der Waals surface area contributed by atoms with E-state index in [2.05, 4.69) is 18.5 Å². The average Bonchev–Trinajstić information content (AvgIpc) is 1.37. The highest BCUT2D eigenvalue weighted by Gasteiger charge is 1.25. The van der Waals surface area contributed by atoms with Gasteiger partial charge in [-0.2, -0.15) is 0 Å². The molecule has 0 aliphatic rings. The van der Waals surface area contributed by atoms with Crippen LogP contribution in [-0.4, -0.2) is 6.66 Å². The van der Waals surface area contributed by atoms with Gasteiger partial charge in [0, 0.05) is 0 Å². The summed E-state index contributed by atoms with van der Waals surface area (Å²) < 4.78 is 0. The Morgan fingerprint density at radius 1 is 2.00 bits per heavy atom. The summed E-state index contributed by atoms with van der Waals surface area (Å²) >= 11 is 4.57. The van der Waals surface area contributed by atoms with E-state index in [9.17, 15) is 0 Å². The molecular formula is CH4P2S. The van der Waals surface area contributed by atoms with E-state index < -0.39 is 0 Å². The third-order valence-corrected chi connectivity index (χ3v) is 2.46. The maximum Gasteiger partial charge on any atom is -0.0181 e. The maximum atomic E-state index is 4.57. The van der Waals surface area contributed by atoms with Crippen LogP contribution in [0.3, 0.4) is 0 Å². The third kappa shape index (κ3) is 2.82. The van der Waals surface area contributed by atoms with E-state index in [1.807, 2.05) is 0 Å². The summed E-state index contributed by atoms with van der Waals surface area (Å²) in [6.07, 6.45) is 0. The highest BCUT2D eigenvalue weighted by atomic mass is 32.5. The molecule has 0 rings (SSSR count). The van der Waals surface area contributed by atoms with Crippen molar-refractivity contribution in [3.05, 3.63) is 0 Å². The molecule has 0 aromatic rings. The minimum atomic E-state index is 0.696. The lowest BCUT2D eigenvalue weighted by Gasteiger charge is -1.36. The Labute approximate surface area is 33.7 Å². The molecule has 0 fully saturated rings. The largest absolute Gasteiger partial charge is 0.0759 e. The highest BCUT2D eigenvalue weighted by molar-refractivity contribution is 8.10. The molecule has 0 aromatic carbocycles. The van der Waals surface area contributed by atoms with Crippen molar-refractivity contribution < 1.29 is 0 Å². The first-order valence-electron chi connectivity index (χ1n) is 0.875. The van der Waals surface area contributed by atoms with E-state index in [0.717, 1.165) is 0 Å². The monoisotopic (exact) mass is 110 g/mol. The lowest BCUT2D eigenvalue weighted by atomic mass is 12.0. The number of hydrogen-bond acceptors (Lipinski definition) is 1. The molecule has 0 amide bonds. The second-order valence-electron chi connectivity index (χ2n) is 0.315. The van der Waals surface area contributed by atoms with Crippen LogP contribution in [0.4, 0.5) is 0 Å². The fourth-order valence-electron chi connectivity index (χ4n) is 0. The van der Waals surface area contributed by atoms with E-state index in [1.165, 1.54) is 7.87 Å². The van der Waals surface area contributed by atoms with Crippen molar-refractivity contribution in [2.45, 2.75) is 0 Å². The molecule has 0 aromatic heterocycles. The third-order valence-electron chi connectivity index (χ3n) is 0.0913. The molecule has 0 aliphatic heterocycles. The molecule has 4 heavy (non-hydrogen) atoms. The number of hydrogen-bond donors (Lipinski definition) is 0. The first-order chi connectivity index (χ1) is 1.91. The smallest absolute Gasteiger partial charge is 0.0181 e. The molecule has 0 saturated carbocycles. The van der Waals surface area contributed by atoms with Crippen LogP contribution in [-0.2, 0) is 11.8 Å². The molecule has 0 saturated heterocycles. The molecular weight excluding hydrogens is 106 g/mol. The summed E-state index contributed by atoms with van der Waals surface area (Å²) in [6, 6.07) is 0. The zero-order valence-corrected chi connectivity index (χ0v) is 5.07. The van der Waals surface area contributed by atoms with E-state index in [1.54, 1.807) is 0 Å². The molecule has 0 heterocycles. The molecule has 0 spiro atoms. The van der Waals surface area contributed by atoms with Gasteiger partial charge in [-0.3, -0.25) is 0 Å². The van der Waals surface area contributed by atoms with Crippen molar-refractivity contribution in [1.82, 2.24) is 0 Å². The Hall–Kier alpha value is 0.820. The molecule has 24 valence electrons. The standard InChI is InChI=1S/CH4P2S/c1-2-3-4/h3H,1H3. The first kappa shape index (κ1) is 4.82. The molecule has 3 heteroatoms. The Kier molecular flexibility index (Phi) is 4.60. The lowest BCUT2D eigenvalue weighted by molar-refractivity contribution is 2.52. The predicted molar refractivity (Wildman–Crippen MR) is 28.5 cm³/mol. The van der Waals surface area contributed by atoms with Crippen LogP contribution in [0.15, 0.2) is 0 Å². The first-order valence-corrected chi connectivity index (χ1v) is 5.19. The summed E-state index contributed by atoms with van der Waals surface area (Å²) in [6.45, 7) is 2.76. The second kappa shape index (κ2) is 3.82. The molecule has 0 N–H and O–H groups in total. The van der Waals surface area contributed by atoms with E-state index in [0.29, 0.717) is 6.64 Å². The van der Waals surface area contributed by atoms with Crippen molar-refractivity contribution in [3.63, 3.8) is 0 Å². The van der Waals surface area contributed by atoms with Gasteiger partial charge in [0.05, 0.1) is 0 Å². The summed E-state index contributed by atoms with van der Waals surface area (Å²) in [7, 11) is 1.34. The normalized spacial score (nSPS) is 9.25. The van der Waals surface area contributed by atoms with Crippen molar-refractivity contribution in [1.29, 1.82) is 0 Å². The van der Waals surface area contributed by atoms with Crippen LogP contribution < -0.4 is 0 Å². The Bertz CT molecular complexity index is 44.0. The van der Waals surface area contributed by atoms with Gasteiger partial charge >= 0.3 is 0 Å². The molecule has 0 nitrogen and oxygen atoms in total. The van der Waals surface area contributed by atoms with Crippen LogP contribution in [0.5, 0.6) is 0 Å². The van der Waals surface area contributed by atoms with Crippen molar-refractivity contribution in [3.8, 4) is 0 Å². The fraction of sp³-hybridized carbons (Fsp3) is 1.00. The topological polar surface area (TPSA) is 0 Å². The van der Waals surface area contributed by atoms with Crippen LogP contribution in [0.1, 0.15) is 0 Å². The van der Waals surface area contributed by atoms with Gasteiger partial charge in [-0.15, -0.1) is 0 Å².